The maximum atomic E-state index is 9.98. The fraction of sp³-hybridized carbons (Fsp3) is 0.833. The van der Waals surface area contributed by atoms with Gasteiger partial charge in [0.2, 0.25) is 0 Å². The van der Waals surface area contributed by atoms with Crippen LogP contribution in [0.15, 0.2) is 0 Å². The van der Waals surface area contributed by atoms with E-state index in [0.717, 1.165) is 0 Å². The molecule has 0 saturated carbocycles. The van der Waals surface area contributed by atoms with Gasteiger partial charge in [-0.1, -0.05) is 0 Å². The number of aliphatic hydroxyl groups is 5. The number of aliphatic hydroxyl groups excluding tert-OH is 5. The first-order valence-electron chi connectivity index (χ1n) is 3.45. The molecule has 0 aromatic carbocycles. The third-order valence-electron chi connectivity index (χ3n) is 1.50. The van der Waals surface area contributed by atoms with Gasteiger partial charge in [-0.15, -0.1) is 0 Å². The molecule has 0 heterocycles. The summed E-state index contributed by atoms with van der Waals surface area (Å²) in [6.45, 7) is -0.863. The van der Waals surface area contributed by atoms with E-state index in [1.165, 1.54) is 0 Å². The molecule has 4 atom stereocenters. The monoisotopic (exact) mass is 357 g/mol. The van der Waals surface area contributed by atoms with Crippen LogP contribution in [-0.2, 0) is 4.79 Å². The zero-order valence-corrected chi connectivity index (χ0v) is 13.1. The van der Waals surface area contributed by atoms with E-state index in [0.29, 0.717) is 0 Å². The minimum Gasteiger partial charge on any atom is -0.547 e. The maximum absolute atomic E-state index is 9.98. The number of carboxylic acid groups (broad SMARTS) is 1. The topological polar surface area (TPSA) is 173 Å². The minimum atomic E-state index is -2.31. The molecule has 0 aromatic heterocycles. The number of carbonyl (C=O) groups is 1. The predicted molar refractivity (Wildman–Crippen MR) is 45.5 cm³/mol. The molecule has 0 rings (SSSR count). The van der Waals surface area contributed by atoms with Gasteiger partial charge in [-0.3, -0.25) is 0 Å². The fourth-order valence-corrected chi connectivity index (χ4v) is 0.662. The molecule has 0 aliphatic carbocycles. The first-order chi connectivity index (χ1) is 5.91. The second-order valence-corrected chi connectivity index (χ2v) is 2.49. The number of hydrogen-bond donors (Lipinski definition) is 5. The van der Waals surface area contributed by atoms with Gasteiger partial charge in [0.05, 0.1) is 12.6 Å². The van der Waals surface area contributed by atoms with Crippen molar-refractivity contribution in [2.45, 2.75) is 24.4 Å². The van der Waals surface area contributed by atoms with Crippen LogP contribution < -0.4 is 34.7 Å². The van der Waals surface area contributed by atoms with Crippen LogP contribution in [0.25, 0.3) is 0 Å². The molecule has 8 nitrogen and oxygen atoms in total. The molecular formula is C6H13NaO8Sb. The molecule has 16 heavy (non-hydrogen) atoms. The van der Waals surface area contributed by atoms with Crippen molar-refractivity contribution >= 4 is 30.4 Å². The molecular weight excluding hydrogens is 345 g/mol. The molecule has 91 valence electrons. The Balaban J connectivity index is -0.000000240. The summed E-state index contributed by atoms with van der Waals surface area (Å²) < 4.78 is 0. The fourth-order valence-electron chi connectivity index (χ4n) is 0.662. The van der Waals surface area contributed by atoms with Crippen molar-refractivity contribution in [1.29, 1.82) is 0 Å². The van der Waals surface area contributed by atoms with Crippen molar-refractivity contribution in [2.24, 2.45) is 0 Å². The van der Waals surface area contributed by atoms with Gasteiger partial charge in [0, 0.05) is 24.4 Å². The minimum absolute atomic E-state index is 0. The van der Waals surface area contributed by atoms with E-state index in [-0.39, 0.29) is 59.5 Å². The summed E-state index contributed by atoms with van der Waals surface area (Å²) in [5, 5.41) is 53.4. The Bertz CT molecular complexity index is 182. The molecule has 0 aliphatic heterocycles. The van der Waals surface area contributed by atoms with E-state index in [1.54, 1.807) is 0 Å². The Kier molecular flexibility index (Phi) is 20.2. The average Bonchev–Trinajstić information content (AvgIpc) is 2.12. The van der Waals surface area contributed by atoms with E-state index in [2.05, 4.69) is 0 Å². The first kappa shape index (κ1) is 25.8. The van der Waals surface area contributed by atoms with Gasteiger partial charge in [-0.2, -0.15) is 0 Å². The normalized spacial score (nSPS) is 16.6. The molecule has 0 aliphatic rings. The number of hydrogen-bond acceptors (Lipinski definition) is 7. The summed E-state index contributed by atoms with van der Waals surface area (Å²) >= 11 is 0. The van der Waals surface area contributed by atoms with Gasteiger partial charge in [0.25, 0.3) is 0 Å². The van der Waals surface area contributed by atoms with Crippen molar-refractivity contribution in [1.82, 2.24) is 0 Å². The van der Waals surface area contributed by atoms with Crippen LogP contribution >= 0.6 is 0 Å². The van der Waals surface area contributed by atoms with Gasteiger partial charge < -0.3 is 40.9 Å². The Morgan fingerprint density at radius 2 is 1.50 bits per heavy atom. The molecule has 10 heteroatoms. The smallest absolute Gasteiger partial charge is 0.547 e. The molecule has 0 spiro atoms. The first-order valence-corrected chi connectivity index (χ1v) is 3.45. The van der Waals surface area contributed by atoms with E-state index < -0.39 is 37.0 Å². The summed E-state index contributed by atoms with van der Waals surface area (Å²) in [5.74, 6) is -1.98. The number of rotatable bonds is 5. The molecule has 0 bridgehead atoms. The van der Waals surface area contributed by atoms with E-state index in [1.807, 2.05) is 0 Å². The second-order valence-electron chi connectivity index (χ2n) is 2.49. The van der Waals surface area contributed by atoms with Crippen molar-refractivity contribution in [3.8, 4) is 0 Å². The van der Waals surface area contributed by atoms with Crippen molar-refractivity contribution in [3.05, 3.63) is 0 Å². The van der Waals surface area contributed by atoms with Crippen LogP contribution in [0.1, 0.15) is 0 Å². The van der Waals surface area contributed by atoms with E-state index in [9.17, 15) is 9.90 Å². The number of carboxylic acids is 1. The van der Waals surface area contributed by atoms with E-state index >= 15 is 0 Å². The average molecular weight is 358 g/mol. The number of carbonyl (C=O) groups excluding carboxylic acids is 1. The Morgan fingerprint density at radius 1 is 1.12 bits per heavy atom. The summed E-state index contributed by atoms with van der Waals surface area (Å²) in [6.07, 6.45) is -8.08. The summed E-state index contributed by atoms with van der Waals surface area (Å²) in [5.41, 5.74) is 0. The summed E-state index contributed by atoms with van der Waals surface area (Å²) in [6, 6.07) is 0. The Labute approximate surface area is 131 Å². The van der Waals surface area contributed by atoms with Crippen LogP contribution in [0.3, 0.4) is 0 Å². The maximum Gasteiger partial charge on any atom is 1.00 e. The molecule has 7 N–H and O–H groups in total. The van der Waals surface area contributed by atoms with Crippen LogP contribution in [0, 0.1) is 0 Å². The van der Waals surface area contributed by atoms with E-state index in [4.69, 9.17) is 25.5 Å². The van der Waals surface area contributed by atoms with Gasteiger partial charge in [0.15, 0.2) is 0 Å². The third kappa shape index (κ3) is 8.18. The molecule has 0 aromatic rings. The van der Waals surface area contributed by atoms with Crippen molar-refractivity contribution < 1.29 is 70.5 Å². The van der Waals surface area contributed by atoms with Crippen LogP contribution in [0.2, 0.25) is 0 Å². The second kappa shape index (κ2) is 12.5. The summed E-state index contributed by atoms with van der Waals surface area (Å²) in [4.78, 5) is 9.98. The molecule has 0 amide bonds. The Morgan fingerprint density at radius 3 is 1.75 bits per heavy atom. The summed E-state index contributed by atoms with van der Waals surface area (Å²) in [7, 11) is 0. The van der Waals surface area contributed by atoms with Crippen LogP contribution in [0.5, 0.6) is 0 Å². The SMILES string of the molecule is O.O=C([O-])C(O)C(O)C(O)C(O)CO.[Na+].[Sb]. The number of aliphatic carboxylic acids is 1. The largest absolute Gasteiger partial charge is 1.00 e. The van der Waals surface area contributed by atoms with Crippen molar-refractivity contribution in [3.63, 3.8) is 0 Å². The predicted octanol–water partition coefficient (Wildman–Crippen LogP) is -9.03. The molecule has 3 radical (unpaired) electrons. The van der Waals surface area contributed by atoms with Gasteiger partial charge in [-0.05, 0) is 0 Å². The Hall–Kier alpha value is 1.05. The zero-order chi connectivity index (χ0) is 10.6. The quantitative estimate of drug-likeness (QED) is 0.304. The molecule has 4 unspecified atom stereocenters. The third-order valence-corrected chi connectivity index (χ3v) is 1.50. The van der Waals surface area contributed by atoms with Crippen LogP contribution in [0.4, 0.5) is 0 Å². The molecule has 0 fully saturated rings. The standard InChI is InChI=1S/C6H12O7.Na.H2O.Sb/c7-1-2(8)3(9)4(10)5(11)6(12)13;;;/h2-5,7-11H,1H2,(H,12,13);;1H2;/q;+1;;/p-1. The zero-order valence-electron chi connectivity index (χ0n) is 8.52. The molecule has 0 saturated heterocycles. The van der Waals surface area contributed by atoms with Gasteiger partial charge in [-0.25, -0.2) is 0 Å². The van der Waals surface area contributed by atoms with Gasteiger partial charge in [0.1, 0.15) is 24.4 Å². The van der Waals surface area contributed by atoms with Crippen LogP contribution in [-0.4, -0.2) is 92.4 Å². The van der Waals surface area contributed by atoms with Gasteiger partial charge >= 0.3 is 29.6 Å². The van der Waals surface area contributed by atoms with Crippen molar-refractivity contribution in [2.75, 3.05) is 6.61 Å².